The largest absolute Gasteiger partial charge is 0.496 e. The highest BCUT2D eigenvalue weighted by Crippen LogP contribution is 2.35. The molecule has 1 fully saturated rings. The highest BCUT2D eigenvalue weighted by Gasteiger charge is 2.30. The number of nitrogens with one attached hydrogen (secondary N) is 1. The summed E-state index contributed by atoms with van der Waals surface area (Å²) in [6.07, 6.45) is 1.58. The Morgan fingerprint density at radius 3 is 2.27 bits per heavy atom. The summed E-state index contributed by atoms with van der Waals surface area (Å²) in [5.41, 5.74) is 6.48. The fraction of sp³-hybridized carbons (Fsp3) is 0.333. The zero-order valence-electron chi connectivity index (χ0n) is 22.1. The van der Waals surface area contributed by atoms with Gasteiger partial charge in [-0.1, -0.05) is 36.4 Å². The third-order valence-electron chi connectivity index (χ3n) is 7.31. The van der Waals surface area contributed by atoms with Crippen molar-refractivity contribution in [2.75, 3.05) is 25.1 Å². The summed E-state index contributed by atoms with van der Waals surface area (Å²) >= 11 is 0. The van der Waals surface area contributed by atoms with Gasteiger partial charge in [0.2, 0.25) is 5.91 Å². The minimum atomic E-state index is -0.0151. The quantitative estimate of drug-likeness (QED) is 0.385. The number of ether oxygens (including phenoxy) is 1. The van der Waals surface area contributed by atoms with E-state index in [-0.39, 0.29) is 11.8 Å². The number of methoxy groups -OCH3 is 1. The first-order chi connectivity index (χ1) is 18.0. The smallest absolute Gasteiger partial charge is 0.223 e. The van der Waals surface area contributed by atoms with E-state index in [1.807, 2.05) is 42.5 Å². The van der Waals surface area contributed by atoms with Crippen molar-refractivity contribution in [3.8, 4) is 17.1 Å². The van der Waals surface area contributed by atoms with Gasteiger partial charge in [0, 0.05) is 42.5 Å². The van der Waals surface area contributed by atoms with Gasteiger partial charge in [0.15, 0.2) is 5.82 Å². The minimum absolute atomic E-state index is 0.0151. The number of nitrogens with zero attached hydrogens (tertiary/aromatic N) is 4. The highest BCUT2D eigenvalue weighted by atomic mass is 16.5. The third-order valence-corrected chi connectivity index (χ3v) is 7.31. The molecule has 0 atom stereocenters. The van der Waals surface area contributed by atoms with E-state index in [4.69, 9.17) is 9.84 Å². The Kier molecular flexibility index (Phi) is 7.04. The molecule has 3 heterocycles. The molecule has 4 aromatic rings. The van der Waals surface area contributed by atoms with Crippen LogP contribution < -0.4 is 15.0 Å². The van der Waals surface area contributed by atoms with E-state index in [1.165, 1.54) is 11.4 Å². The molecule has 1 aliphatic heterocycles. The number of hydrogen-bond donors (Lipinski definition) is 1. The van der Waals surface area contributed by atoms with Crippen LogP contribution in [0.3, 0.4) is 0 Å². The lowest BCUT2D eigenvalue weighted by atomic mass is 9.95. The molecule has 7 nitrogen and oxygen atoms in total. The third kappa shape index (κ3) is 4.86. The fourth-order valence-corrected chi connectivity index (χ4v) is 5.35. The van der Waals surface area contributed by atoms with Crippen LogP contribution in [0.5, 0.6) is 5.75 Å². The predicted molar refractivity (Wildman–Crippen MR) is 147 cm³/mol. The van der Waals surface area contributed by atoms with E-state index in [1.54, 1.807) is 7.11 Å². The second-order valence-corrected chi connectivity index (χ2v) is 9.75. The minimum Gasteiger partial charge on any atom is -0.496 e. The van der Waals surface area contributed by atoms with Crippen LogP contribution in [-0.4, -0.2) is 40.5 Å². The molecule has 37 heavy (non-hydrogen) atoms. The van der Waals surface area contributed by atoms with Gasteiger partial charge in [-0.25, -0.2) is 4.68 Å². The van der Waals surface area contributed by atoms with Gasteiger partial charge < -0.3 is 19.5 Å². The van der Waals surface area contributed by atoms with Crippen molar-refractivity contribution in [2.45, 2.75) is 40.2 Å². The van der Waals surface area contributed by atoms with Gasteiger partial charge >= 0.3 is 0 Å². The molecule has 0 unspecified atom stereocenters. The van der Waals surface area contributed by atoms with Crippen molar-refractivity contribution >= 4 is 11.7 Å². The van der Waals surface area contributed by atoms with Gasteiger partial charge in [-0.05, 0) is 63.9 Å². The van der Waals surface area contributed by atoms with Crippen molar-refractivity contribution in [1.29, 1.82) is 0 Å². The number of piperidine rings is 1. The van der Waals surface area contributed by atoms with Gasteiger partial charge in [0.25, 0.3) is 0 Å². The molecule has 0 spiro atoms. The number of aromatic nitrogens is 3. The van der Waals surface area contributed by atoms with Crippen LogP contribution in [0.25, 0.3) is 11.4 Å². The maximum Gasteiger partial charge on any atom is 0.223 e. The molecular formula is C30H35N5O2. The van der Waals surface area contributed by atoms with Crippen LogP contribution in [0.15, 0.2) is 66.7 Å². The Hall–Kier alpha value is -4.00. The average molecular weight is 498 g/mol. The molecule has 0 bridgehead atoms. The maximum absolute atomic E-state index is 13.1. The summed E-state index contributed by atoms with van der Waals surface area (Å²) in [4.78, 5) is 15.5. The first-order valence-corrected chi connectivity index (χ1v) is 12.9. The summed E-state index contributed by atoms with van der Waals surface area (Å²) in [5, 5.41) is 8.12. The molecular weight excluding hydrogens is 462 g/mol. The van der Waals surface area contributed by atoms with Crippen LogP contribution in [0.4, 0.5) is 5.82 Å². The van der Waals surface area contributed by atoms with E-state index < -0.39 is 0 Å². The molecule has 1 aliphatic rings. The number of para-hydroxylation sites is 2. The van der Waals surface area contributed by atoms with Gasteiger partial charge in [-0.15, -0.1) is 0 Å². The number of hydrogen-bond acceptors (Lipinski definition) is 4. The van der Waals surface area contributed by atoms with Crippen molar-refractivity contribution in [3.05, 3.63) is 89.4 Å². The summed E-state index contributed by atoms with van der Waals surface area (Å²) in [7, 11) is 1.66. The number of benzene rings is 2. The average Bonchev–Trinajstić information content (AvgIpc) is 3.45. The summed E-state index contributed by atoms with van der Waals surface area (Å²) in [6, 6.07) is 22.4. The summed E-state index contributed by atoms with van der Waals surface area (Å²) < 4.78 is 9.78. The van der Waals surface area contributed by atoms with Crippen LogP contribution in [-0.2, 0) is 11.3 Å². The molecule has 5 rings (SSSR count). The molecule has 0 radical (unpaired) electrons. The highest BCUT2D eigenvalue weighted by molar-refractivity contribution is 5.79. The Bertz CT molecular complexity index is 1360. The van der Waals surface area contributed by atoms with E-state index in [2.05, 4.69) is 64.5 Å². The first kappa shape index (κ1) is 24.7. The number of amides is 1. The van der Waals surface area contributed by atoms with Crippen molar-refractivity contribution in [2.24, 2.45) is 5.92 Å². The van der Waals surface area contributed by atoms with Crippen LogP contribution in [0.1, 0.15) is 35.5 Å². The number of anilines is 1. The van der Waals surface area contributed by atoms with Gasteiger partial charge in [-0.2, -0.15) is 5.10 Å². The molecule has 1 amide bonds. The Morgan fingerprint density at radius 2 is 1.59 bits per heavy atom. The molecule has 1 saturated heterocycles. The summed E-state index contributed by atoms with van der Waals surface area (Å²) in [5.74, 6) is 1.97. The predicted octanol–water partition coefficient (Wildman–Crippen LogP) is 5.13. The summed E-state index contributed by atoms with van der Waals surface area (Å²) in [6.45, 7) is 8.39. The van der Waals surface area contributed by atoms with Crippen molar-refractivity contribution in [3.63, 3.8) is 0 Å². The van der Waals surface area contributed by atoms with Crippen molar-refractivity contribution in [1.82, 2.24) is 19.7 Å². The zero-order chi connectivity index (χ0) is 25.9. The number of carbonyl (C=O) groups excluding carboxylic acids is 1. The lowest BCUT2D eigenvalue weighted by molar-refractivity contribution is -0.125. The topological polar surface area (TPSA) is 64.3 Å². The number of carbonyl (C=O) groups is 1. The van der Waals surface area contributed by atoms with E-state index in [0.29, 0.717) is 6.54 Å². The monoisotopic (exact) mass is 497 g/mol. The second-order valence-electron chi connectivity index (χ2n) is 9.75. The Balaban J connectivity index is 1.38. The second kappa shape index (κ2) is 10.5. The Morgan fingerprint density at radius 1 is 0.946 bits per heavy atom. The van der Waals surface area contributed by atoms with Gasteiger partial charge in [-0.3, -0.25) is 4.79 Å². The van der Waals surface area contributed by atoms with Crippen LogP contribution >= 0.6 is 0 Å². The van der Waals surface area contributed by atoms with Gasteiger partial charge in [0.05, 0.1) is 18.5 Å². The Labute approximate surface area is 218 Å². The molecule has 2 aromatic heterocycles. The van der Waals surface area contributed by atoms with E-state index in [9.17, 15) is 4.79 Å². The molecule has 1 N–H and O–H groups in total. The zero-order valence-corrected chi connectivity index (χ0v) is 22.1. The number of rotatable bonds is 7. The van der Waals surface area contributed by atoms with Crippen LogP contribution in [0, 0.1) is 26.7 Å². The SMILES string of the molecule is COc1ccccc1CNC(=O)C1CCN(c2c(-n3c(C)ccc3C)c(C)nn2-c2ccccc2)CC1. The molecule has 0 aliphatic carbocycles. The normalized spacial score (nSPS) is 14.1. The first-order valence-electron chi connectivity index (χ1n) is 12.9. The molecule has 7 heteroatoms. The molecule has 2 aromatic carbocycles. The molecule has 0 saturated carbocycles. The van der Waals surface area contributed by atoms with Gasteiger partial charge in [0.1, 0.15) is 11.4 Å². The van der Waals surface area contributed by atoms with E-state index in [0.717, 1.165) is 60.1 Å². The van der Waals surface area contributed by atoms with Crippen LogP contribution in [0.2, 0.25) is 0 Å². The van der Waals surface area contributed by atoms with Crippen molar-refractivity contribution < 1.29 is 9.53 Å². The lowest BCUT2D eigenvalue weighted by Gasteiger charge is -2.34. The lowest BCUT2D eigenvalue weighted by Crippen LogP contribution is -2.41. The fourth-order valence-electron chi connectivity index (χ4n) is 5.35. The van der Waals surface area contributed by atoms with E-state index >= 15 is 0 Å². The standard InChI is InChI=1S/C30H35N5O2/c1-21-14-15-22(2)34(21)28-23(3)32-35(26-11-6-5-7-12-26)30(28)33-18-16-24(17-19-33)29(36)31-20-25-10-8-9-13-27(25)37-4/h5-15,24H,16-20H2,1-4H3,(H,31,36). The number of aryl methyl sites for hydroxylation is 3. The maximum atomic E-state index is 13.1. The molecule has 192 valence electrons.